The average Bonchev–Trinajstić information content (AvgIpc) is 3.03. The van der Waals surface area contributed by atoms with Gasteiger partial charge in [-0.05, 0) is 25.0 Å². The second-order valence-corrected chi connectivity index (χ2v) is 5.05. The minimum absolute atomic E-state index is 0.301. The van der Waals surface area contributed by atoms with Gasteiger partial charge in [-0.3, -0.25) is 9.59 Å². The van der Waals surface area contributed by atoms with Crippen molar-refractivity contribution in [2.75, 3.05) is 0 Å². The van der Waals surface area contributed by atoms with E-state index in [0.717, 1.165) is 6.42 Å². The van der Waals surface area contributed by atoms with Gasteiger partial charge in [0.15, 0.2) is 0 Å². The van der Waals surface area contributed by atoms with Crippen LogP contribution in [0.1, 0.15) is 29.8 Å². The number of carboxylic acid groups (broad SMARTS) is 1. The number of pyridine rings is 1. The molecule has 0 aromatic carbocycles. The van der Waals surface area contributed by atoms with Gasteiger partial charge in [0.25, 0.3) is 5.91 Å². The Morgan fingerprint density at radius 3 is 2.95 bits per heavy atom. The summed E-state index contributed by atoms with van der Waals surface area (Å²) < 4.78 is 1.76. The molecular formula is C14H15N3O3. The predicted octanol–water partition coefficient (Wildman–Crippen LogP) is 1.32. The predicted molar refractivity (Wildman–Crippen MR) is 71.4 cm³/mol. The zero-order valence-corrected chi connectivity index (χ0v) is 10.8. The lowest BCUT2D eigenvalue weighted by atomic mass is 10.0. The summed E-state index contributed by atoms with van der Waals surface area (Å²) in [6.07, 6.45) is 5.61. The molecule has 1 amide bonds. The van der Waals surface area contributed by atoms with Crippen molar-refractivity contribution in [2.45, 2.75) is 25.3 Å². The molecule has 0 bridgehead atoms. The Morgan fingerprint density at radius 2 is 2.20 bits per heavy atom. The molecule has 1 fully saturated rings. The van der Waals surface area contributed by atoms with Crippen molar-refractivity contribution < 1.29 is 14.7 Å². The van der Waals surface area contributed by atoms with E-state index in [4.69, 9.17) is 5.11 Å². The number of amides is 1. The number of imidazole rings is 1. The Hall–Kier alpha value is -2.37. The first-order valence-corrected chi connectivity index (χ1v) is 6.62. The molecule has 0 saturated heterocycles. The highest BCUT2D eigenvalue weighted by Crippen LogP contribution is 2.26. The summed E-state index contributed by atoms with van der Waals surface area (Å²) >= 11 is 0. The molecule has 0 aliphatic heterocycles. The molecule has 104 valence electrons. The van der Waals surface area contributed by atoms with Crippen molar-refractivity contribution >= 4 is 17.5 Å². The molecule has 2 aromatic rings. The van der Waals surface area contributed by atoms with Gasteiger partial charge >= 0.3 is 5.97 Å². The normalized spacial score (nSPS) is 22.0. The van der Waals surface area contributed by atoms with Crippen LogP contribution in [0.4, 0.5) is 0 Å². The van der Waals surface area contributed by atoms with E-state index in [2.05, 4.69) is 10.3 Å². The van der Waals surface area contributed by atoms with E-state index >= 15 is 0 Å². The number of carbonyl (C=O) groups excluding carboxylic acids is 1. The number of carboxylic acids is 1. The molecule has 1 aliphatic rings. The van der Waals surface area contributed by atoms with E-state index in [1.807, 2.05) is 24.4 Å². The minimum atomic E-state index is -0.845. The van der Waals surface area contributed by atoms with Crippen molar-refractivity contribution in [3.63, 3.8) is 0 Å². The summed E-state index contributed by atoms with van der Waals surface area (Å²) in [5, 5.41) is 11.9. The number of fused-ring (bicyclic) bond motifs is 1. The average molecular weight is 273 g/mol. The molecule has 2 N–H and O–H groups in total. The molecule has 20 heavy (non-hydrogen) atoms. The van der Waals surface area contributed by atoms with E-state index in [1.165, 1.54) is 0 Å². The van der Waals surface area contributed by atoms with Crippen LogP contribution >= 0.6 is 0 Å². The molecule has 0 spiro atoms. The van der Waals surface area contributed by atoms with Gasteiger partial charge in [-0.2, -0.15) is 0 Å². The third kappa shape index (κ3) is 2.24. The van der Waals surface area contributed by atoms with E-state index in [9.17, 15) is 9.59 Å². The lowest BCUT2D eigenvalue weighted by molar-refractivity contribution is -0.142. The number of nitrogens with zero attached hydrogens (tertiary/aromatic N) is 2. The van der Waals surface area contributed by atoms with E-state index < -0.39 is 11.9 Å². The van der Waals surface area contributed by atoms with Crippen LogP contribution in [0.2, 0.25) is 0 Å². The highest BCUT2D eigenvalue weighted by atomic mass is 16.4. The quantitative estimate of drug-likeness (QED) is 0.883. The number of aromatic nitrogens is 2. The van der Waals surface area contributed by atoms with Crippen molar-refractivity contribution in [1.82, 2.24) is 14.7 Å². The largest absolute Gasteiger partial charge is 0.481 e. The van der Waals surface area contributed by atoms with Gasteiger partial charge in [0.1, 0.15) is 11.3 Å². The lowest BCUT2D eigenvalue weighted by Gasteiger charge is -2.16. The van der Waals surface area contributed by atoms with Crippen LogP contribution in [0.15, 0.2) is 30.6 Å². The van der Waals surface area contributed by atoms with Crippen molar-refractivity contribution in [3.8, 4) is 0 Å². The zero-order valence-electron chi connectivity index (χ0n) is 10.8. The summed E-state index contributed by atoms with van der Waals surface area (Å²) in [6.45, 7) is 0. The number of nitrogens with one attached hydrogen (secondary N) is 1. The van der Waals surface area contributed by atoms with Crippen molar-refractivity contribution in [1.29, 1.82) is 0 Å². The number of hydrogen-bond acceptors (Lipinski definition) is 3. The highest BCUT2D eigenvalue weighted by molar-refractivity contribution is 5.93. The summed E-state index contributed by atoms with van der Waals surface area (Å²) in [4.78, 5) is 27.5. The van der Waals surface area contributed by atoms with Gasteiger partial charge in [-0.25, -0.2) is 4.98 Å². The van der Waals surface area contributed by atoms with Crippen LogP contribution in [0.25, 0.3) is 5.65 Å². The molecule has 6 nitrogen and oxygen atoms in total. The minimum Gasteiger partial charge on any atom is -0.481 e. The molecule has 6 heteroatoms. The third-order valence-corrected chi connectivity index (χ3v) is 3.75. The number of rotatable bonds is 3. The summed E-state index contributed by atoms with van der Waals surface area (Å²) in [5.41, 5.74) is 1.01. The SMILES string of the molecule is O=C(NC1CCCC1C(=O)O)c1cn2ccccc2n1. The molecule has 1 saturated carbocycles. The topological polar surface area (TPSA) is 83.7 Å². The first-order valence-electron chi connectivity index (χ1n) is 6.62. The van der Waals surface area contributed by atoms with Gasteiger partial charge in [0.2, 0.25) is 0 Å². The summed E-state index contributed by atoms with van der Waals surface area (Å²) in [5.74, 6) is -1.65. The van der Waals surface area contributed by atoms with E-state index in [1.54, 1.807) is 10.6 Å². The monoisotopic (exact) mass is 273 g/mol. The maximum absolute atomic E-state index is 12.2. The second kappa shape index (κ2) is 4.96. The fraction of sp³-hybridized carbons (Fsp3) is 0.357. The molecule has 0 radical (unpaired) electrons. The van der Waals surface area contributed by atoms with Crippen molar-refractivity contribution in [2.24, 2.45) is 5.92 Å². The van der Waals surface area contributed by atoms with Crippen LogP contribution in [0, 0.1) is 5.92 Å². The van der Waals surface area contributed by atoms with E-state index in [0.29, 0.717) is 24.2 Å². The second-order valence-electron chi connectivity index (χ2n) is 5.05. The number of aliphatic carboxylic acids is 1. The maximum Gasteiger partial charge on any atom is 0.308 e. The number of hydrogen-bond donors (Lipinski definition) is 2. The maximum atomic E-state index is 12.2. The third-order valence-electron chi connectivity index (χ3n) is 3.75. The summed E-state index contributed by atoms with van der Waals surface area (Å²) in [6, 6.07) is 5.21. The van der Waals surface area contributed by atoms with Gasteiger partial charge < -0.3 is 14.8 Å². The molecule has 3 rings (SSSR count). The molecule has 2 atom stereocenters. The lowest BCUT2D eigenvalue weighted by Crippen LogP contribution is -2.40. The first kappa shape index (κ1) is 12.7. The Balaban J connectivity index is 1.77. The fourth-order valence-corrected chi connectivity index (χ4v) is 2.71. The fourth-order valence-electron chi connectivity index (χ4n) is 2.71. The van der Waals surface area contributed by atoms with E-state index in [-0.39, 0.29) is 11.9 Å². The van der Waals surface area contributed by atoms with Gasteiger partial charge in [-0.1, -0.05) is 12.5 Å². The van der Waals surface area contributed by atoms with Gasteiger partial charge in [0.05, 0.1) is 5.92 Å². The smallest absolute Gasteiger partial charge is 0.308 e. The molecule has 2 unspecified atom stereocenters. The van der Waals surface area contributed by atoms with Gasteiger partial charge in [-0.15, -0.1) is 0 Å². The summed E-state index contributed by atoms with van der Waals surface area (Å²) in [7, 11) is 0. The molecule has 2 heterocycles. The Labute approximate surface area is 115 Å². The standard InChI is InChI=1S/C14H15N3O3/c18-13(16-10-5-3-4-9(10)14(19)20)11-8-17-7-2-1-6-12(17)15-11/h1-2,6-10H,3-5H2,(H,16,18)(H,19,20). The van der Waals surface area contributed by atoms with Crippen LogP contribution < -0.4 is 5.32 Å². The molecular weight excluding hydrogens is 258 g/mol. The number of carbonyl (C=O) groups is 2. The molecule has 2 aromatic heterocycles. The Morgan fingerprint density at radius 1 is 1.35 bits per heavy atom. The van der Waals surface area contributed by atoms with Gasteiger partial charge in [0, 0.05) is 18.4 Å². The molecule has 1 aliphatic carbocycles. The Kier molecular flexibility index (Phi) is 3.14. The van der Waals surface area contributed by atoms with Crippen LogP contribution in [0.5, 0.6) is 0 Å². The van der Waals surface area contributed by atoms with Crippen LogP contribution in [-0.4, -0.2) is 32.4 Å². The zero-order chi connectivity index (χ0) is 14.1. The van der Waals surface area contributed by atoms with Crippen LogP contribution in [0.3, 0.4) is 0 Å². The van der Waals surface area contributed by atoms with Crippen molar-refractivity contribution in [3.05, 3.63) is 36.3 Å². The first-order chi connectivity index (χ1) is 9.65. The Bertz CT molecular complexity index is 631. The highest BCUT2D eigenvalue weighted by Gasteiger charge is 2.34. The van der Waals surface area contributed by atoms with Crippen LogP contribution in [-0.2, 0) is 4.79 Å².